The number of nitrogens with one attached hydrogen (secondary N) is 3. The van der Waals surface area contributed by atoms with Crippen LogP contribution < -0.4 is 10.6 Å². The summed E-state index contributed by atoms with van der Waals surface area (Å²) in [6, 6.07) is 7.72. The number of nitrogens with zero attached hydrogens (tertiary/aromatic N) is 7. The molecule has 1 aliphatic rings. The van der Waals surface area contributed by atoms with Gasteiger partial charge in [0.15, 0.2) is 11.5 Å². The number of aromatic nitrogens is 7. The minimum absolute atomic E-state index is 0.00101. The van der Waals surface area contributed by atoms with Gasteiger partial charge in [-0.1, -0.05) is 19.9 Å². The van der Waals surface area contributed by atoms with Gasteiger partial charge < -0.3 is 15.5 Å². The van der Waals surface area contributed by atoms with E-state index >= 15 is 0 Å². The average molecular weight is 489 g/mol. The fraction of sp³-hybridized carbons (Fsp3) is 0.440. The van der Waals surface area contributed by atoms with Crippen molar-refractivity contribution in [1.82, 2.24) is 39.8 Å². The number of pyridine rings is 1. The molecule has 1 fully saturated rings. The highest BCUT2D eigenvalue weighted by atomic mass is 16.2. The summed E-state index contributed by atoms with van der Waals surface area (Å²) in [5.41, 5.74) is 2.18. The van der Waals surface area contributed by atoms with E-state index < -0.39 is 0 Å². The number of piperidine rings is 1. The van der Waals surface area contributed by atoms with Crippen molar-refractivity contribution in [3.63, 3.8) is 0 Å². The molecule has 1 saturated heterocycles. The molecule has 0 aliphatic carbocycles. The Labute approximate surface area is 209 Å². The number of H-pyrrole nitrogens is 1. The molecule has 1 amide bonds. The van der Waals surface area contributed by atoms with E-state index in [1.54, 1.807) is 23.1 Å². The number of likely N-dealkylation sites (tertiary alicyclic amines) is 1. The third-order valence-electron chi connectivity index (χ3n) is 6.84. The molecular weight excluding hydrogens is 456 g/mol. The Hall–Kier alpha value is -4.02. The van der Waals surface area contributed by atoms with E-state index in [-0.39, 0.29) is 24.0 Å². The fourth-order valence-corrected chi connectivity index (χ4v) is 5.04. The van der Waals surface area contributed by atoms with Gasteiger partial charge in [-0.15, -0.1) is 0 Å². The molecule has 36 heavy (non-hydrogen) atoms. The summed E-state index contributed by atoms with van der Waals surface area (Å²) < 4.78 is 1.74. The summed E-state index contributed by atoms with van der Waals surface area (Å²) in [7, 11) is 1.86. The molecule has 5 rings (SSSR count). The number of hydrogen-bond acceptors (Lipinski definition) is 8. The van der Waals surface area contributed by atoms with Crippen molar-refractivity contribution in [2.75, 3.05) is 10.6 Å². The van der Waals surface area contributed by atoms with Crippen molar-refractivity contribution in [2.45, 2.75) is 64.6 Å². The Bertz CT molecular complexity index is 1330. The lowest BCUT2D eigenvalue weighted by atomic mass is 9.88. The molecule has 4 aromatic heterocycles. The topological polar surface area (TPSA) is 130 Å². The summed E-state index contributed by atoms with van der Waals surface area (Å²) >= 11 is 0. The number of aryl methyl sites for hydroxylation is 2. The maximum atomic E-state index is 13.4. The molecule has 1 unspecified atom stereocenters. The minimum Gasteiger partial charge on any atom is -0.351 e. The van der Waals surface area contributed by atoms with E-state index in [0.717, 1.165) is 42.4 Å². The largest absolute Gasteiger partial charge is 0.351 e. The Morgan fingerprint density at radius 3 is 2.58 bits per heavy atom. The predicted octanol–water partition coefficient (Wildman–Crippen LogP) is 3.81. The van der Waals surface area contributed by atoms with E-state index in [0.29, 0.717) is 23.3 Å². The molecule has 0 saturated carbocycles. The van der Waals surface area contributed by atoms with E-state index in [9.17, 15) is 4.79 Å². The zero-order valence-corrected chi connectivity index (χ0v) is 21.1. The highest BCUT2D eigenvalue weighted by Crippen LogP contribution is 2.31. The van der Waals surface area contributed by atoms with Gasteiger partial charge in [0.1, 0.15) is 11.5 Å². The second kappa shape index (κ2) is 9.92. The van der Waals surface area contributed by atoms with Crippen LogP contribution in [0.5, 0.6) is 0 Å². The summed E-state index contributed by atoms with van der Waals surface area (Å²) in [6.45, 7) is 6.21. The van der Waals surface area contributed by atoms with E-state index in [1.807, 2.05) is 37.1 Å². The third-order valence-corrected chi connectivity index (χ3v) is 6.84. The lowest BCUT2D eigenvalue weighted by molar-refractivity contribution is 0.0406. The molecule has 0 bridgehead atoms. The number of anilines is 3. The number of amides is 1. The Balaban J connectivity index is 1.40. The van der Waals surface area contributed by atoms with Gasteiger partial charge in [-0.05, 0) is 44.7 Å². The molecule has 11 nitrogen and oxygen atoms in total. The Kier molecular flexibility index (Phi) is 6.53. The molecular formula is C25H32N10O. The molecule has 1 aliphatic heterocycles. The lowest BCUT2D eigenvalue weighted by Crippen LogP contribution is -2.54. The molecule has 5 heterocycles. The first-order valence-electron chi connectivity index (χ1n) is 12.5. The van der Waals surface area contributed by atoms with Crippen molar-refractivity contribution >= 4 is 34.5 Å². The standard InChI is InChI=1S/C25H32N10O/c1-5-17-12-16(13-18(6-2)35(17)24(36)20-9-7-8-10-26-20)28-25-30-22(29-21-11-15(3)32-33-21)19-14-27-34(4)23(19)31-25/h7-11,14,16-18H,5-6,12-13H2,1-4H3,(H3,28,29,30,31,32,33)/t16?,17-,18+. The molecule has 11 heteroatoms. The van der Waals surface area contributed by atoms with E-state index in [1.165, 1.54) is 0 Å². The highest BCUT2D eigenvalue weighted by molar-refractivity contribution is 5.93. The Morgan fingerprint density at radius 1 is 1.17 bits per heavy atom. The zero-order valence-electron chi connectivity index (χ0n) is 21.1. The first kappa shape index (κ1) is 23.7. The number of carbonyl (C=O) groups excluding carboxylic acids is 1. The maximum absolute atomic E-state index is 13.4. The van der Waals surface area contributed by atoms with Crippen molar-refractivity contribution in [3.8, 4) is 0 Å². The van der Waals surface area contributed by atoms with Gasteiger partial charge in [0.25, 0.3) is 5.91 Å². The predicted molar refractivity (Wildman–Crippen MR) is 138 cm³/mol. The number of fused-ring (bicyclic) bond motifs is 1. The van der Waals surface area contributed by atoms with Crippen molar-refractivity contribution in [2.24, 2.45) is 7.05 Å². The first-order valence-corrected chi connectivity index (χ1v) is 12.5. The number of hydrogen-bond donors (Lipinski definition) is 3. The van der Waals surface area contributed by atoms with Gasteiger partial charge in [-0.2, -0.15) is 20.2 Å². The van der Waals surface area contributed by atoms with Gasteiger partial charge in [0, 0.05) is 43.1 Å². The summed E-state index contributed by atoms with van der Waals surface area (Å²) in [5, 5.41) is 19.3. The molecule has 3 atom stereocenters. The number of carbonyl (C=O) groups is 1. The molecule has 188 valence electrons. The summed E-state index contributed by atoms with van der Waals surface area (Å²) in [5.74, 6) is 1.85. The first-order chi connectivity index (χ1) is 17.5. The third kappa shape index (κ3) is 4.60. The van der Waals surface area contributed by atoms with E-state index in [2.05, 4.69) is 44.8 Å². The monoisotopic (exact) mass is 488 g/mol. The smallest absolute Gasteiger partial charge is 0.272 e. The number of aromatic amines is 1. The van der Waals surface area contributed by atoms with Crippen molar-refractivity contribution < 1.29 is 4.79 Å². The SMILES string of the molecule is CC[C@@H]1CC(Nc2nc(Nc3cc(C)[nH]n3)c3cnn(C)c3n2)C[C@H](CC)N1C(=O)c1ccccn1. The average Bonchev–Trinajstić information content (AvgIpc) is 3.48. The van der Waals surface area contributed by atoms with Crippen LogP contribution >= 0.6 is 0 Å². The van der Waals surface area contributed by atoms with Crippen LogP contribution in [0.4, 0.5) is 17.6 Å². The van der Waals surface area contributed by atoms with Gasteiger partial charge in [0.05, 0.1) is 11.6 Å². The second-order valence-corrected chi connectivity index (χ2v) is 9.33. The molecule has 4 aromatic rings. The highest BCUT2D eigenvalue weighted by Gasteiger charge is 2.38. The fourth-order valence-electron chi connectivity index (χ4n) is 5.04. The van der Waals surface area contributed by atoms with Crippen LogP contribution in [0.25, 0.3) is 11.0 Å². The van der Waals surface area contributed by atoms with Crippen molar-refractivity contribution in [1.29, 1.82) is 0 Å². The van der Waals surface area contributed by atoms with Crippen LogP contribution in [0.1, 0.15) is 55.7 Å². The minimum atomic E-state index is 0.00101. The van der Waals surface area contributed by atoms with Crippen molar-refractivity contribution in [3.05, 3.63) is 48.0 Å². The lowest BCUT2D eigenvalue weighted by Gasteiger charge is -2.45. The van der Waals surface area contributed by atoms with Crippen LogP contribution in [0.3, 0.4) is 0 Å². The normalized spacial score (nSPS) is 20.0. The van der Waals surface area contributed by atoms with Crippen LogP contribution in [0, 0.1) is 6.92 Å². The van der Waals surface area contributed by atoms with Gasteiger partial charge in [0.2, 0.25) is 5.95 Å². The van der Waals surface area contributed by atoms with Crippen LogP contribution in [-0.2, 0) is 7.05 Å². The van der Waals surface area contributed by atoms with Crippen LogP contribution in [0.15, 0.2) is 36.7 Å². The molecule has 0 radical (unpaired) electrons. The van der Waals surface area contributed by atoms with Crippen LogP contribution in [-0.4, -0.2) is 63.9 Å². The van der Waals surface area contributed by atoms with Crippen LogP contribution in [0.2, 0.25) is 0 Å². The maximum Gasteiger partial charge on any atom is 0.272 e. The molecule has 0 aromatic carbocycles. The Morgan fingerprint density at radius 2 is 1.94 bits per heavy atom. The van der Waals surface area contributed by atoms with E-state index in [4.69, 9.17) is 9.97 Å². The molecule has 0 spiro atoms. The number of rotatable bonds is 7. The van der Waals surface area contributed by atoms with Gasteiger partial charge in [-0.3, -0.25) is 19.6 Å². The van der Waals surface area contributed by atoms with Gasteiger partial charge in [-0.25, -0.2) is 0 Å². The molecule has 3 N–H and O–H groups in total. The van der Waals surface area contributed by atoms with Gasteiger partial charge >= 0.3 is 0 Å². The second-order valence-electron chi connectivity index (χ2n) is 9.33. The zero-order chi connectivity index (χ0) is 25.2. The summed E-state index contributed by atoms with van der Waals surface area (Å²) in [4.78, 5) is 29.3. The summed E-state index contributed by atoms with van der Waals surface area (Å²) in [6.07, 6.45) is 6.76. The quantitative estimate of drug-likeness (QED) is 0.358.